The van der Waals surface area contributed by atoms with Gasteiger partial charge in [0, 0.05) is 5.69 Å². The second kappa shape index (κ2) is 8.16. The molecule has 5 nitrogen and oxygen atoms in total. The molecular formula is C19H23NO4S. The maximum absolute atomic E-state index is 12.5. The van der Waals surface area contributed by atoms with Gasteiger partial charge in [-0.3, -0.25) is 4.79 Å². The monoisotopic (exact) mass is 361 g/mol. The third kappa shape index (κ3) is 5.06. The number of ether oxygens (including phenoxy) is 1. The Hall–Kier alpha value is -2.34. The first-order chi connectivity index (χ1) is 11.9. The van der Waals surface area contributed by atoms with Gasteiger partial charge in [-0.25, -0.2) is 8.42 Å². The van der Waals surface area contributed by atoms with Crippen molar-refractivity contribution in [3.8, 4) is 5.75 Å². The molecule has 0 spiro atoms. The fraction of sp³-hybridized carbons (Fsp3) is 0.316. The van der Waals surface area contributed by atoms with Gasteiger partial charge in [0.1, 0.15) is 11.0 Å². The van der Waals surface area contributed by atoms with E-state index in [0.717, 1.165) is 12.0 Å². The standard InChI is InChI=1S/C19H23NO4S/c1-4-15-8-10-17(11-9-15)20-19(21)14(2)25(22,23)13-16-6-5-7-18(12-16)24-3/h5-12,14H,4,13H2,1-3H3,(H,20,21). The molecule has 25 heavy (non-hydrogen) atoms. The zero-order chi connectivity index (χ0) is 18.4. The van der Waals surface area contributed by atoms with E-state index in [0.29, 0.717) is 17.0 Å². The Kier molecular flexibility index (Phi) is 6.20. The summed E-state index contributed by atoms with van der Waals surface area (Å²) < 4.78 is 30.2. The number of benzene rings is 2. The van der Waals surface area contributed by atoms with Crippen molar-refractivity contribution in [2.75, 3.05) is 12.4 Å². The van der Waals surface area contributed by atoms with Crippen molar-refractivity contribution in [2.45, 2.75) is 31.3 Å². The molecule has 6 heteroatoms. The molecule has 1 atom stereocenters. The molecule has 0 aliphatic heterocycles. The van der Waals surface area contributed by atoms with Crippen LogP contribution in [-0.4, -0.2) is 26.7 Å². The van der Waals surface area contributed by atoms with E-state index in [1.165, 1.54) is 14.0 Å². The summed E-state index contributed by atoms with van der Waals surface area (Å²) >= 11 is 0. The first kappa shape index (κ1) is 19.0. The second-order valence-corrected chi connectivity index (χ2v) is 8.16. The number of nitrogens with one attached hydrogen (secondary N) is 1. The zero-order valence-corrected chi connectivity index (χ0v) is 15.5. The normalized spacial score (nSPS) is 12.4. The van der Waals surface area contributed by atoms with Crippen LogP contribution in [-0.2, 0) is 26.8 Å². The Bertz CT molecular complexity index is 829. The fourth-order valence-electron chi connectivity index (χ4n) is 2.35. The number of anilines is 1. The van der Waals surface area contributed by atoms with Gasteiger partial charge < -0.3 is 10.1 Å². The molecular weight excluding hydrogens is 338 g/mol. The molecule has 134 valence electrons. The summed E-state index contributed by atoms with van der Waals surface area (Å²) in [7, 11) is -2.12. The molecule has 1 amide bonds. The predicted octanol–water partition coefficient (Wildman–Crippen LogP) is 3.20. The lowest BCUT2D eigenvalue weighted by Gasteiger charge is -2.14. The highest BCUT2D eigenvalue weighted by molar-refractivity contribution is 7.92. The van der Waals surface area contributed by atoms with Crippen molar-refractivity contribution in [1.29, 1.82) is 0 Å². The van der Waals surface area contributed by atoms with Gasteiger partial charge in [0.25, 0.3) is 0 Å². The van der Waals surface area contributed by atoms with Gasteiger partial charge in [0.05, 0.1) is 12.9 Å². The summed E-state index contributed by atoms with van der Waals surface area (Å²) in [6.45, 7) is 3.45. The van der Waals surface area contributed by atoms with Crippen LogP contribution < -0.4 is 10.1 Å². The molecule has 0 bridgehead atoms. The molecule has 0 aliphatic carbocycles. The van der Waals surface area contributed by atoms with E-state index in [2.05, 4.69) is 5.32 Å². The Morgan fingerprint density at radius 1 is 1.12 bits per heavy atom. The van der Waals surface area contributed by atoms with Gasteiger partial charge in [-0.05, 0) is 48.7 Å². The first-order valence-corrected chi connectivity index (χ1v) is 9.81. The summed E-state index contributed by atoms with van der Waals surface area (Å²) in [4.78, 5) is 12.3. The van der Waals surface area contributed by atoms with Gasteiger partial charge >= 0.3 is 0 Å². The van der Waals surface area contributed by atoms with Crippen molar-refractivity contribution >= 4 is 21.4 Å². The van der Waals surface area contributed by atoms with Crippen molar-refractivity contribution in [1.82, 2.24) is 0 Å². The van der Waals surface area contributed by atoms with Gasteiger partial charge in [0.15, 0.2) is 9.84 Å². The van der Waals surface area contributed by atoms with Crippen LogP contribution in [0.3, 0.4) is 0 Å². The molecule has 0 aromatic heterocycles. The Morgan fingerprint density at radius 3 is 2.40 bits per heavy atom. The van der Waals surface area contributed by atoms with Crippen molar-refractivity contribution in [2.24, 2.45) is 0 Å². The van der Waals surface area contributed by atoms with Gasteiger partial charge in [-0.2, -0.15) is 0 Å². The lowest BCUT2D eigenvalue weighted by molar-refractivity contribution is -0.115. The molecule has 0 saturated carbocycles. The van der Waals surface area contributed by atoms with Gasteiger partial charge in [-0.1, -0.05) is 31.2 Å². The van der Waals surface area contributed by atoms with E-state index < -0.39 is 21.0 Å². The highest BCUT2D eigenvalue weighted by Gasteiger charge is 2.28. The van der Waals surface area contributed by atoms with Crippen molar-refractivity contribution in [3.05, 3.63) is 59.7 Å². The lowest BCUT2D eigenvalue weighted by atomic mass is 10.1. The second-order valence-electron chi connectivity index (χ2n) is 5.84. The third-order valence-electron chi connectivity index (χ3n) is 4.04. The minimum Gasteiger partial charge on any atom is -0.497 e. The summed E-state index contributed by atoms with van der Waals surface area (Å²) in [5, 5.41) is 1.52. The summed E-state index contributed by atoms with van der Waals surface area (Å²) in [5.74, 6) is -0.166. The number of carbonyl (C=O) groups is 1. The van der Waals surface area contributed by atoms with Crippen LogP contribution in [0.4, 0.5) is 5.69 Å². The number of sulfone groups is 1. The Labute approximate surface area is 148 Å². The number of carbonyl (C=O) groups excluding carboxylic acids is 1. The van der Waals surface area contributed by atoms with E-state index >= 15 is 0 Å². The molecule has 0 aliphatic rings. The number of aryl methyl sites for hydroxylation is 1. The van der Waals surface area contributed by atoms with E-state index in [9.17, 15) is 13.2 Å². The third-order valence-corrected chi connectivity index (χ3v) is 6.07. The van der Waals surface area contributed by atoms with Gasteiger partial charge in [0.2, 0.25) is 5.91 Å². The largest absolute Gasteiger partial charge is 0.497 e. The Morgan fingerprint density at radius 2 is 1.80 bits per heavy atom. The van der Waals surface area contributed by atoms with Crippen LogP contribution in [0.5, 0.6) is 5.75 Å². The number of methoxy groups -OCH3 is 1. The number of amides is 1. The van der Waals surface area contributed by atoms with E-state index in [-0.39, 0.29) is 5.75 Å². The number of hydrogen-bond donors (Lipinski definition) is 1. The number of hydrogen-bond acceptors (Lipinski definition) is 4. The molecule has 1 N–H and O–H groups in total. The predicted molar refractivity (Wildman–Crippen MR) is 99.5 cm³/mol. The topological polar surface area (TPSA) is 72.5 Å². The highest BCUT2D eigenvalue weighted by atomic mass is 32.2. The average molecular weight is 361 g/mol. The van der Waals surface area contributed by atoms with E-state index in [4.69, 9.17) is 4.74 Å². The van der Waals surface area contributed by atoms with E-state index in [1.807, 2.05) is 19.1 Å². The molecule has 0 saturated heterocycles. The van der Waals surface area contributed by atoms with Crippen LogP contribution in [0.25, 0.3) is 0 Å². The molecule has 0 radical (unpaired) electrons. The zero-order valence-electron chi connectivity index (χ0n) is 14.7. The van der Waals surface area contributed by atoms with Crippen LogP contribution in [0.2, 0.25) is 0 Å². The maximum atomic E-state index is 12.5. The smallest absolute Gasteiger partial charge is 0.242 e. The molecule has 0 heterocycles. The van der Waals surface area contributed by atoms with Crippen LogP contribution in [0.1, 0.15) is 25.0 Å². The minimum atomic E-state index is -3.64. The first-order valence-electron chi connectivity index (χ1n) is 8.10. The molecule has 1 unspecified atom stereocenters. The van der Waals surface area contributed by atoms with Crippen LogP contribution in [0, 0.1) is 0 Å². The average Bonchev–Trinajstić information content (AvgIpc) is 2.61. The molecule has 2 rings (SSSR count). The minimum absolute atomic E-state index is 0.215. The summed E-state index contributed by atoms with van der Waals surface area (Å²) in [5.41, 5.74) is 2.33. The summed E-state index contributed by atoms with van der Waals surface area (Å²) in [6.07, 6.45) is 0.902. The fourth-order valence-corrected chi connectivity index (χ4v) is 3.63. The molecule has 2 aromatic rings. The quantitative estimate of drug-likeness (QED) is 0.822. The van der Waals surface area contributed by atoms with Crippen molar-refractivity contribution in [3.63, 3.8) is 0 Å². The Balaban J connectivity index is 2.07. The highest BCUT2D eigenvalue weighted by Crippen LogP contribution is 2.18. The SMILES string of the molecule is CCc1ccc(NC(=O)C(C)S(=O)(=O)Cc2cccc(OC)c2)cc1. The molecule has 0 fully saturated rings. The van der Waals surface area contributed by atoms with E-state index in [1.54, 1.807) is 36.4 Å². The van der Waals surface area contributed by atoms with Gasteiger partial charge in [-0.15, -0.1) is 0 Å². The van der Waals surface area contributed by atoms with Crippen LogP contribution in [0.15, 0.2) is 48.5 Å². The lowest BCUT2D eigenvalue weighted by Crippen LogP contribution is -2.33. The summed E-state index contributed by atoms with van der Waals surface area (Å²) in [6, 6.07) is 14.2. The maximum Gasteiger partial charge on any atom is 0.242 e. The van der Waals surface area contributed by atoms with Crippen molar-refractivity contribution < 1.29 is 17.9 Å². The number of rotatable bonds is 7. The molecule has 2 aromatic carbocycles. The van der Waals surface area contributed by atoms with Crippen LogP contribution >= 0.6 is 0 Å².